The van der Waals surface area contributed by atoms with Gasteiger partial charge in [0.2, 0.25) is 5.89 Å². The number of oxazole rings is 1. The zero-order chi connectivity index (χ0) is 17.2. The summed E-state index contributed by atoms with van der Waals surface area (Å²) in [6.45, 7) is 0. The van der Waals surface area contributed by atoms with Crippen molar-refractivity contribution < 1.29 is 9.21 Å². The van der Waals surface area contributed by atoms with Gasteiger partial charge in [0, 0.05) is 10.6 Å². The molecular weight excluding hydrogens is 336 g/mol. The number of amides is 1. The van der Waals surface area contributed by atoms with Gasteiger partial charge in [0.15, 0.2) is 5.58 Å². The predicted octanol–water partition coefficient (Wildman–Crippen LogP) is 5.40. The van der Waals surface area contributed by atoms with Crippen LogP contribution in [0.1, 0.15) is 10.4 Å². The average molecular weight is 349 g/mol. The van der Waals surface area contributed by atoms with E-state index in [2.05, 4.69) is 10.3 Å². The Morgan fingerprint density at radius 3 is 2.44 bits per heavy atom. The van der Waals surface area contributed by atoms with Gasteiger partial charge in [0.1, 0.15) is 5.52 Å². The van der Waals surface area contributed by atoms with E-state index in [1.807, 2.05) is 48.5 Å². The smallest absolute Gasteiger partial charge is 0.255 e. The molecule has 0 atom stereocenters. The van der Waals surface area contributed by atoms with Crippen LogP contribution in [0.4, 0.5) is 5.69 Å². The summed E-state index contributed by atoms with van der Waals surface area (Å²) in [5, 5.41) is 3.49. The van der Waals surface area contributed by atoms with E-state index in [9.17, 15) is 4.79 Å². The Bertz CT molecular complexity index is 1020. The van der Waals surface area contributed by atoms with Crippen LogP contribution in [-0.4, -0.2) is 10.9 Å². The van der Waals surface area contributed by atoms with Crippen LogP contribution in [0.3, 0.4) is 0 Å². The molecule has 25 heavy (non-hydrogen) atoms. The summed E-state index contributed by atoms with van der Waals surface area (Å²) in [4.78, 5) is 17.0. The third-order valence-corrected chi connectivity index (χ3v) is 4.06. The van der Waals surface area contributed by atoms with Crippen molar-refractivity contribution >= 4 is 34.3 Å². The third kappa shape index (κ3) is 3.12. The first-order valence-electron chi connectivity index (χ1n) is 7.72. The largest absolute Gasteiger partial charge is 0.436 e. The minimum Gasteiger partial charge on any atom is -0.436 e. The number of halogens is 1. The Morgan fingerprint density at radius 2 is 1.64 bits per heavy atom. The second-order valence-electron chi connectivity index (χ2n) is 5.49. The molecule has 0 saturated heterocycles. The number of benzene rings is 3. The number of rotatable bonds is 3. The van der Waals surface area contributed by atoms with Gasteiger partial charge in [-0.05, 0) is 48.5 Å². The van der Waals surface area contributed by atoms with Gasteiger partial charge >= 0.3 is 0 Å². The molecule has 4 rings (SSSR count). The standard InChI is InChI=1S/C20H13ClN2O2/c21-14-11-9-13(10-12-14)19(24)22-16-6-2-1-5-15(16)20-23-17-7-3-4-8-18(17)25-20/h1-12H,(H,22,24). The van der Waals surface area contributed by atoms with Gasteiger partial charge in [-0.25, -0.2) is 4.98 Å². The second kappa shape index (κ2) is 6.42. The fourth-order valence-electron chi connectivity index (χ4n) is 2.56. The first-order valence-corrected chi connectivity index (χ1v) is 8.10. The predicted molar refractivity (Wildman–Crippen MR) is 98.9 cm³/mol. The molecule has 0 unspecified atom stereocenters. The number of nitrogens with zero attached hydrogens (tertiary/aromatic N) is 1. The average Bonchev–Trinajstić information content (AvgIpc) is 3.06. The Balaban J connectivity index is 1.69. The van der Waals surface area contributed by atoms with Gasteiger partial charge in [0.25, 0.3) is 5.91 Å². The molecule has 122 valence electrons. The van der Waals surface area contributed by atoms with Crippen molar-refractivity contribution in [3.8, 4) is 11.5 Å². The van der Waals surface area contributed by atoms with Crippen LogP contribution in [0.5, 0.6) is 0 Å². The van der Waals surface area contributed by atoms with E-state index in [0.29, 0.717) is 27.7 Å². The molecule has 0 fully saturated rings. The maximum Gasteiger partial charge on any atom is 0.255 e. The van der Waals surface area contributed by atoms with Crippen LogP contribution in [-0.2, 0) is 0 Å². The number of fused-ring (bicyclic) bond motifs is 1. The number of carbonyl (C=O) groups excluding carboxylic acids is 1. The van der Waals surface area contributed by atoms with E-state index < -0.39 is 0 Å². The lowest BCUT2D eigenvalue weighted by Crippen LogP contribution is -2.12. The Morgan fingerprint density at radius 1 is 0.920 bits per heavy atom. The van der Waals surface area contributed by atoms with E-state index in [1.54, 1.807) is 24.3 Å². The van der Waals surface area contributed by atoms with E-state index in [0.717, 1.165) is 11.1 Å². The Labute approximate surface area is 149 Å². The second-order valence-corrected chi connectivity index (χ2v) is 5.93. The summed E-state index contributed by atoms with van der Waals surface area (Å²) in [5.74, 6) is 0.244. The molecule has 0 radical (unpaired) electrons. The van der Waals surface area contributed by atoms with Crippen LogP contribution in [0, 0.1) is 0 Å². The highest BCUT2D eigenvalue weighted by atomic mass is 35.5. The number of nitrogens with one attached hydrogen (secondary N) is 1. The fourth-order valence-corrected chi connectivity index (χ4v) is 2.69. The Kier molecular flexibility index (Phi) is 3.96. The first kappa shape index (κ1) is 15.4. The quantitative estimate of drug-likeness (QED) is 0.539. The summed E-state index contributed by atoms with van der Waals surface area (Å²) >= 11 is 5.87. The molecule has 0 aliphatic carbocycles. The molecule has 1 amide bonds. The zero-order valence-electron chi connectivity index (χ0n) is 13.1. The fraction of sp³-hybridized carbons (Fsp3) is 0. The summed E-state index contributed by atoms with van der Waals surface area (Å²) in [7, 11) is 0. The van der Waals surface area contributed by atoms with Gasteiger partial charge in [-0.3, -0.25) is 4.79 Å². The summed E-state index contributed by atoms with van der Waals surface area (Å²) in [5.41, 5.74) is 3.36. The highest BCUT2D eigenvalue weighted by molar-refractivity contribution is 6.30. The number of carbonyl (C=O) groups is 1. The number of anilines is 1. The lowest BCUT2D eigenvalue weighted by Gasteiger charge is -2.09. The third-order valence-electron chi connectivity index (χ3n) is 3.81. The van der Waals surface area contributed by atoms with E-state index >= 15 is 0 Å². The normalized spacial score (nSPS) is 10.8. The molecule has 0 aliphatic rings. The number of para-hydroxylation sites is 3. The highest BCUT2D eigenvalue weighted by Gasteiger charge is 2.14. The number of hydrogen-bond donors (Lipinski definition) is 1. The molecule has 4 nitrogen and oxygen atoms in total. The summed E-state index contributed by atoms with van der Waals surface area (Å²) in [6.07, 6.45) is 0. The number of aromatic nitrogens is 1. The van der Waals surface area contributed by atoms with Crippen molar-refractivity contribution in [3.05, 3.63) is 83.4 Å². The van der Waals surface area contributed by atoms with Crippen LogP contribution in [0.25, 0.3) is 22.6 Å². The van der Waals surface area contributed by atoms with Gasteiger partial charge in [0.05, 0.1) is 11.3 Å². The topological polar surface area (TPSA) is 55.1 Å². The van der Waals surface area contributed by atoms with Gasteiger partial charge in [-0.1, -0.05) is 35.9 Å². The molecular formula is C20H13ClN2O2. The molecule has 1 N–H and O–H groups in total. The van der Waals surface area contributed by atoms with Gasteiger partial charge in [-0.15, -0.1) is 0 Å². The minimum absolute atomic E-state index is 0.222. The molecule has 0 spiro atoms. The molecule has 0 aliphatic heterocycles. The summed E-state index contributed by atoms with van der Waals surface area (Å²) < 4.78 is 5.82. The Hall–Kier alpha value is -3.11. The van der Waals surface area contributed by atoms with Crippen molar-refractivity contribution in [3.63, 3.8) is 0 Å². The van der Waals surface area contributed by atoms with Crippen LogP contribution in [0.2, 0.25) is 5.02 Å². The molecule has 4 aromatic rings. The van der Waals surface area contributed by atoms with E-state index in [4.69, 9.17) is 16.0 Å². The summed E-state index contributed by atoms with van der Waals surface area (Å²) in [6, 6.07) is 21.7. The van der Waals surface area contributed by atoms with Crippen molar-refractivity contribution in [2.45, 2.75) is 0 Å². The van der Waals surface area contributed by atoms with E-state index in [1.165, 1.54) is 0 Å². The SMILES string of the molecule is O=C(Nc1ccccc1-c1nc2ccccc2o1)c1ccc(Cl)cc1. The van der Waals surface area contributed by atoms with Crippen molar-refractivity contribution in [2.24, 2.45) is 0 Å². The maximum absolute atomic E-state index is 12.5. The van der Waals surface area contributed by atoms with Gasteiger partial charge < -0.3 is 9.73 Å². The van der Waals surface area contributed by atoms with Crippen LogP contribution in [0.15, 0.2) is 77.2 Å². The highest BCUT2D eigenvalue weighted by Crippen LogP contribution is 2.30. The van der Waals surface area contributed by atoms with Crippen LogP contribution >= 0.6 is 11.6 Å². The molecule has 0 bridgehead atoms. The molecule has 1 aromatic heterocycles. The molecule has 5 heteroatoms. The lowest BCUT2D eigenvalue weighted by atomic mass is 10.1. The van der Waals surface area contributed by atoms with Crippen molar-refractivity contribution in [1.82, 2.24) is 4.98 Å². The minimum atomic E-state index is -0.222. The molecule has 0 saturated carbocycles. The first-order chi connectivity index (χ1) is 12.2. The lowest BCUT2D eigenvalue weighted by molar-refractivity contribution is 0.102. The van der Waals surface area contributed by atoms with E-state index in [-0.39, 0.29) is 5.91 Å². The van der Waals surface area contributed by atoms with Crippen LogP contribution < -0.4 is 5.32 Å². The number of hydrogen-bond acceptors (Lipinski definition) is 3. The molecule has 3 aromatic carbocycles. The maximum atomic E-state index is 12.5. The van der Waals surface area contributed by atoms with Crippen molar-refractivity contribution in [2.75, 3.05) is 5.32 Å². The molecule has 1 heterocycles. The van der Waals surface area contributed by atoms with Crippen molar-refractivity contribution in [1.29, 1.82) is 0 Å². The zero-order valence-corrected chi connectivity index (χ0v) is 13.8. The van der Waals surface area contributed by atoms with Gasteiger partial charge in [-0.2, -0.15) is 0 Å². The monoisotopic (exact) mass is 348 g/mol.